The Kier molecular flexibility index (Phi) is 3.26. The molecule has 0 aromatic heterocycles. The van der Waals surface area contributed by atoms with E-state index >= 15 is 0 Å². The molecular formula is C11H19N3O. The lowest BCUT2D eigenvalue weighted by Crippen LogP contribution is -2.47. The summed E-state index contributed by atoms with van der Waals surface area (Å²) in [6.45, 7) is 4.40. The van der Waals surface area contributed by atoms with Crippen LogP contribution in [-0.4, -0.2) is 37.8 Å². The fraction of sp³-hybridized carbons (Fsp3) is 0.727. The number of ether oxygens (including phenoxy) is 1. The topological polar surface area (TPSA) is 45.7 Å². The van der Waals surface area contributed by atoms with Gasteiger partial charge in [-0.2, -0.15) is 0 Å². The molecule has 0 aliphatic carbocycles. The van der Waals surface area contributed by atoms with Gasteiger partial charge in [-0.05, 0) is 19.3 Å². The lowest BCUT2D eigenvalue weighted by atomic mass is 9.96. The fourth-order valence-corrected chi connectivity index (χ4v) is 2.33. The van der Waals surface area contributed by atoms with Crippen molar-refractivity contribution in [3.05, 3.63) is 12.7 Å². The van der Waals surface area contributed by atoms with Crippen molar-refractivity contribution >= 4 is 5.96 Å². The summed E-state index contributed by atoms with van der Waals surface area (Å²) in [7, 11) is 1.78. The van der Waals surface area contributed by atoms with Crippen LogP contribution in [0.4, 0.5) is 0 Å². The quantitative estimate of drug-likeness (QED) is 0.408. The van der Waals surface area contributed by atoms with E-state index in [1.54, 1.807) is 7.05 Å². The molecule has 2 saturated heterocycles. The number of nitrogens with zero attached hydrogens (tertiary/aromatic N) is 1. The highest BCUT2D eigenvalue weighted by molar-refractivity contribution is 5.80. The summed E-state index contributed by atoms with van der Waals surface area (Å²) in [5.41, 5.74) is 0. The van der Waals surface area contributed by atoms with Gasteiger partial charge in [-0.3, -0.25) is 4.99 Å². The molecule has 0 spiro atoms. The number of fused-ring (bicyclic) bond motifs is 2. The highest BCUT2D eigenvalue weighted by atomic mass is 16.5. The van der Waals surface area contributed by atoms with E-state index in [1.165, 1.54) is 12.8 Å². The highest BCUT2D eigenvalue weighted by Gasteiger charge is 2.40. The summed E-state index contributed by atoms with van der Waals surface area (Å²) in [5, 5.41) is 6.57. The monoisotopic (exact) mass is 209 g/mol. The van der Waals surface area contributed by atoms with Crippen molar-refractivity contribution in [2.24, 2.45) is 4.99 Å². The van der Waals surface area contributed by atoms with Crippen molar-refractivity contribution in [3.8, 4) is 0 Å². The fourth-order valence-electron chi connectivity index (χ4n) is 2.33. The summed E-state index contributed by atoms with van der Waals surface area (Å²) in [5.74, 6) is 0.844. The molecule has 0 radical (unpaired) electrons. The predicted molar refractivity (Wildman–Crippen MR) is 61.0 cm³/mol. The largest absolute Gasteiger partial charge is 0.373 e. The Labute approximate surface area is 90.8 Å². The zero-order chi connectivity index (χ0) is 10.7. The molecule has 4 nitrogen and oxygen atoms in total. The molecule has 2 fully saturated rings. The molecular weight excluding hydrogens is 190 g/mol. The van der Waals surface area contributed by atoms with Crippen LogP contribution in [0.3, 0.4) is 0 Å². The molecule has 3 unspecified atom stereocenters. The highest BCUT2D eigenvalue weighted by Crippen LogP contribution is 2.34. The predicted octanol–water partition coefficient (Wildman–Crippen LogP) is 0.657. The molecule has 15 heavy (non-hydrogen) atoms. The maximum Gasteiger partial charge on any atom is 0.191 e. The Morgan fingerprint density at radius 3 is 3.00 bits per heavy atom. The van der Waals surface area contributed by atoms with Gasteiger partial charge < -0.3 is 15.4 Å². The van der Waals surface area contributed by atoms with Crippen LogP contribution in [0.15, 0.2) is 17.6 Å². The third-order valence-electron chi connectivity index (χ3n) is 3.07. The summed E-state index contributed by atoms with van der Waals surface area (Å²) in [6, 6.07) is 0.430. The van der Waals surface area contributed by atoms with Crippen LogP contribution < -0.4 is 10.6 Å². The molecule has 84 valence electrons. The third-order valence-corrected chi connectivity index (χ3v) is 3.07. The van der Waals surface area contributed by atoms with Crippen molar-refractivity contribution in [1.29, 1.82) is 0 Å². The van der Waals surface area contributed by atoms with E-state index in [-0.39, 0.29) is 0 Å². The second kappa shape index (κ2) is 4.66. The average molecular weight is 209 g/mol. The molecule has 0 aromatic carbocycles. The van der Waals surface area contributed by atoms with E-state index in [9.17, 15) is 0 Å². The Morgan fingerprint density at radius 1 is 1.60 bits per heavy atom. The molecule has 0 aromatic rings. The first kappa shape index (κ1) is 10.5. The molecule has 0 amide bonds. The number of nitrogens with one attached hydrogen (secondary N) is 2. The van der Waals surface area contributed by atoms with Crippen LogP contribution in [0.5, 0.6) is 0 Å². The standard InChI is InChI=1S/C11H19N3O/c1-3-6-13-11(12-2)14-9-7-8-4-5-10(9)15-8/h3,8-10H,1,4-7H2,2H3,(H2,12,13,14). The van der Waals surface area contributed by atoms with Gasteiger partial charge >= 0.3 is 0 Å². The first-order valence-corrected chi connectivity index (χ1v) is 5.57. The summed E-state index contributed by atoms with van der Waals surface area (Å²) in [4.78, 5) is 4.16. The van der Waals surface area contributed by atoms with Gasteiger partial charge in [0.2, 0.25) is 0 Å². The van der Waals surface area contributed by atoms with Crippen molar-refractivity contribution < 1.29 is 4.74 Å². The zero-order valence-corrected chi connectivity index (χ0v) is 9.20. The second-order valence-corrected chi connectivity index (χ2v) is 4.10. The smallest absolute Gasteiger partial charge is 0.191 e. The van der Waals surface area contributed by atoms with E-state index in [4.69, 9.17) is 4.74 Å². The van der Waals surface area contributed by atoms with Gasteiger partial charge in [-0.25, -0.2) is 0 Å². The maximum atomic E-state index is 5.77. The minimum atomic E-state index is 0.386. The van der Waals surface area contributed by atoms with Crippen LogP contribution >= 0.6 is 0 Å². The van der Waals surface area contributed by atoms with Gasteiger partial charge in [0.25, 0.3) is 0 Å². The van der Waals surface area contributed by atoms with E-state index in [1.807, 2.05) is 6.08 Å². The van der Waals surface area contributed by atoms with Crippen LogP contribution in [-0.2, 0) is 4.74 Å². The second-order valence-electron chi connectivity index (χ2n) is 4.10. The van der Waals surface area contributed by atoms with Gasteiger partial charge in [-0.15, -0.1) is 6.58 Å². The van der Waals surface area contributed by atoms with Crippen molar-refractivity contribution in [2.45, 2.75) is 37.5 Å². The summed E-state index contributed by atoms with van der Waals surface area (Å²) >= 11 is 0. The minimum Gasteiger partial charge on any atom is -0.373 e. The number of aliphatic imine (C=N–C) groups is 1. The van der Waals surface area contributed by atoms with Gasteiger partial charge in [0.15, 0.2) is 5.96 Å². The molecule has 2 bridgehead atoms. The van der Waals surface area contributed by atoms with Crippen molar-refractivity contribution in [2.75, 3.05) is 13.6 Å². The Morgan fingerprint density at radius 2 is 2.47 bits per heavy atom. The van der Waals surface area contributed by atoms with E-state index in [0.717, 1.165) is 18.9 Å². The van der Waals surface area contributed by atoms with E-state index in [0.29, 0.717) is 18.2 Å². The van der Waals surface area contributed by atoms with Crippen LogP contribution in [0.2, 0.25) is 0 Å². The Hall–Kier alpha value is -1.03. The van der Waals surface area contributed by atoms with Crippen molar-refractivity contribution in [3.63, 3.8) is 0 Å². The van der Waals surface area contributed by atoms with Gasteiger partial charge in [0, 0.05) is 13.6 Å². The molecule has 0 saturated carbocycles. The SMILES string of the molecule is C=CCNC(=NC)NC1CC2CCC1O2. The number of rotatable bonds is 3. The zero-order valence-electron chi connectivity index (χ0n) is 9.20. The Balaban J connectivity index is 1.82. The van der Waals surface area contributed by atoms with Crippen LogP contribution in [0.25, 0.3) is 0 Å². The van der Waals surface area contributed by atoms with Crippen LogP contribution in [0, 0.1) is 0 Å². The van der Waals surface area contributed by atoms with Crippen molar-refractivity contribution in [1.82, 2.24) is 10.6 Å². The van der Waals surface area contributed by atoms with Gasteiger partial charge in [0.05, 0.1) is 18.2 Å². The first-order chi connectivity index (χ1) is 7.33. The third kappa shape index (κ3) is 2.31. The molecule has 4 heteroatoms. The minimum absolute atomic E-state index is 0.386. The summed E-state index contributed by atoms with van der Waals surface area (Å²) in [6.07, 6.45) is 6.20. The summed E-state index contributed by atoms with van der Waals surface area (Å²) < 4.78 is 5.77. The first-order valence-electron chi connectivity index (χ1n) is 5.57. The van der Waals surface area contributed by atoms with Gasteiger partial charge in [0.1, 0.15) is 0 Å². The molecule has 2 rings (SSSR count). The number of guanidine groups is 1. The lowest BCUT2D eigenvalue weighted by molar-refractivity contribution is 0.0992. The molecule has 2 aliphatic rings. The van der Waals surface area contributed by atoms with Gasteiger partial charge in [-0.1, -0.05) is 6.08 Å². The van der Waals surface area contributed by atoms with E-state index < -0.39 is 0 Å². The number of hydrogen-bond acceptors (Lipinski definition) is 2. The molecule has 2 aliphatic heterocycles. The van der Waals surface area contributed by atoms with E-state index in [2.05, 4.69) is 22.2 Å². The molecule has 2 N–H and O–H groups in total. The average Bonchev–Trinajstić information content (AvgIpc) is 2.85. The number of hydrogen-bond donors (Lipinski definition) is 2. The Bertz CT molecular complexity index is 265. The maximum absolute atomic E-state index is 5.77. The molecule has 3 atom stereocenters. The normalized spacial score (nSPS) is 34.2. The lowest BCUT2D eigenvalue weighted by Gasteiger charge is -2.22. The molecule has 2 heterocycles. The van der Waals surface area contributed by atoms with Crippen LogP contribution in [0.1, 0.15) is 19.3 Å².